The summed E-state index contributed by atoms with van der Waals surface area (Å²) in [5.74, 6) is 1.27. The van der Waals surface area contributed by atoms with Gasteiger partial charge in [0.1, 0.15) is 11.8 Å². The molecule has 4 aliphatic rings. The van der Waals surface area contributed by atoms with Crippen LogP contribution in [0.2, 0.25) is 0 Å². The normalized spacial score (nSPS) is 17.6. The van der Waals surface area contributed by atoms with Crippen molar-refractivity contribution in [3.05, 3.63) is 119 Å². The molecule has 3 aromatic carbocycles. The average Bonchev–Trinajstić information content (AvgIpc) is 4.11. The van der Waals surface area contributed by atoms with Gasteiger partial charge in [0.05, 0.1) is 44.6 Å². The number of aromatic nitrogens is 4. The van der Waals surface area contributed by atoms with Gasteiger partial charge in [-0.1, -0.05) is 24.6 Å². The van der Waals surface area contributed by atoms with Gasteiger partial charge in [-0.15, -0.1) is 10.2 Å². The Hall–Kier alpha value is -7.26. The Morgan fingerprint density at radius 3 is 2.28 bits per heavy atom. The third kappa shape index (κ3) is 14.6. The molecule has 2 aromatic heterocycles. The van der Waals surface area contributed by atoms with Crippen LogP contribution in [-0.4, -0.2) is 151 Å². The number of H-pyrrole nitrogens is 1. The fourth-order valence-electron chi connectivity index (χ4n) is 10.5. The lowest BCUT2D eigenvalue weighted by Crippen LogP contribution is -2.52. The van der Waals surface area contributed by atoms with Gasteiger partial charge >= 0.3 is 0 Å². The Morgan fingerprint density at radius 1 is 0.782 bits per heavy atom. The molecule has 0 saturated carbocycles. The van der Waals surface area contributed by atoms with Crippen molar-refractivity contribution < 1.29 is 42.9 Å². The summed E-state index contributed by atoms with van der Waals surface area (Å²) in [4.78, 5) is 76.9. The first-order chi connectivity index (χ1) is 38.1. The van der Waals surface area contributed by atoms with E-state index in [2.05, 4.69) is 46.3 Å². The molecule has 9 rings (SSSR count). The van der Waals surface area contributed by atoms with E-state index in [0.717, 1.165) is 91.3 Å². The number of aromatic amines is 1. The first-order valence-electron chi connectivity index (χ1n) is 27.6. The molecule has 6 heterocycles. The molecule has 414 valence electrons. The Labute approximate surface area is 455 Å². The summed E-state index contributed by atoms with van der Waals surface area (Å²) in [6.07, 6.45) is 10.6. The minimum Gasteiger partial charge on any atom is -0.494 e. The average molecular weight is 1070 g/mol. The molecular formula is C58H73N11O9. The number of imide groups is 1. The summed E-state index contributed by atoms with van der Waals surface area (Å²) in [5, 5.41) is 21.7. The number of amides is 5. The molecular weight excluding hydrogens is 995 g/mol. The number of benzene rings is 3. The largest absolute Gasteiger partial charge is 0.494 e. The van der Waals surface area contributed by atoms with Gasteiger partial charge in [-0.2, -0.15) is 0 Å². The lowest BCUT2D eigenvalue weighted by atomic mass is 9.87. The van der Waals surface area contributed by atoms with Gasteiger partial charge in [0, 0.05) is 99.2 Å². The topological polar surface area (TPSA) is 235 Å². The van der Waals surface area contributed by atoms with Crippen LogP contribution >= 0.6 is 0 Å². The van der Waals surface area contributed by atoms with Crippen LogP contribution in [0.25, 0.3) is 11.4 Å². The zero-order valence-corrected chi connectivity index (χ0v) is 44.6. The molecule has 5 amide bonds. The molecule has 20 nitrogen and oxygen atoms in total. The molecule has 4 aliphatic heterocycles. The van der Waals surface area contributed by atoms with Crippen LogP contribution in [0.3, 0.4) is 0 Å². The number of nitrogens with one attached hydrogen (secondary N) is 5. The van der Waals surface area contributed by atoms with E-state index in [1.54, 1.807) is 17.3 Å². The Kier molecular flexibility index (Phi) is 19.5. The van der Waals surface area contributed by atoms with E-state index in [9.17, 15) is 24.0 Å². The molecule has 1 unspecified atom stereocenters. The highest BCUT2D eigenvalue weighted by molar-refractivity contribution is 6.05. The van der Waals surface area contributed by atoms with Crippen LogP contribution in [0.5, 0.6) is 5.75 Å². The van der Waals surface area contributed by atoms with Gasteiger partial charge in [0.2, 0.25) is 17.7 Å². The maximum atomic E-state index is 13.6. The smallest absolute Gasteiger partial charge is 0.255 e. The lowest BCUT2D eigenvalue weighted by Gasteiger charge is -2.37. The number of ether oxygens (including phenoxy) is 4. The second-order valence-electron chi connectivity index (χ2n) is 20.4. The summed E-state index contributed by atoms with van der Waals surface area (Å²) in [7, 11) is 0. The molecule has 78 heavy (non-hydrogen) atoms. The van der Waals surface area contributed by atoms with Crippen molar-refractivity contribution in [1.29, 1.82) is 0 Å². The van der Waals surface area contributed by atoms with Gasteiger partial charge < -0.3 is 54.6 Å². The van der Waals surface area contributed by atoms with E-state index in [1.807, 2.05) is 90.7 Å². The van der Waals surface area contributed by atoms with Crippen molar-refractivity contribution >= 4 is 40.9 Å². The molecule has 3 saturated heterocycles. The molecule has 2 atom stereocenters. The van der Waals surface area contributed by atoms with Crippen LogP contribution in [0.1, 0.15) is 115 Å². The van der Waals surface area contributed by atoms with Crippen molar-refractivity contribution in [2.45, 2.75) is 95.3 Å². The number of unbranched alkanes of at least 4 members (excludes halogenated alkanes) is 3. The first kappa shape index (κ1) is 55.5. The second-order valence-corrected chi connectivity index (χ2v) is 20.4. The molecule has 5 N–H and O–H groups in total. The number of nitrogens with zero attached hydrogens (tertiary/aromatic N) is 6. The van der Waals surface area contributed by atoms with E-state index in [-0.39, 0.29) is 36.1 Å². The van der Waals surface area contributed by atoms with Crippen molar-refractivity contribution in [1.82, 2.24) is 45.9 Å². The van der Waals surface area contributed by atoms with E-state index in [4.69, 9.17) is 18.9 Å². The second kappa shape index (κ2) is 27.4. The summed E-state index contributed by atoms with van der Waals surface area (Å²) in [6.45, 7) is 10.3. The minimum atomic E-state index is -0.638. The summed E-state index contributed by atoms with van der Waals surface area (Å²) in [5.41, 5.74) is 5.23. The molecule has 0 spiro atoms. The molecule has 0 aliphatic carbocycles. The minimum absolute atomic E-state index is 0.118. The fourth-order valence-corrected chi connectivity index (χ4v) is 10.5. The maximum absolute atomic E-state index is 13.6. The number of piperazine rings is 1. The summed E-state index contributed by atoms with van der Waals surface area (Å²) >= 11 is 0. The highest BCUT2D eigenvalue weighted by Gasteiger charge is 2.40. The van der Waals surface area contributed by atoms with Gasteiger partial charge in [-0.3, -0.25) is 34.3 Å². The molecule has 3 fully saturated rings. The number of pyridine rings is 1. The van der Waals surface area contributed by atoms with Crippen LogP contribution in [-0.2, 0) is 40.7 Å². The van der Waals surface area contributed by atoms with E-state index in [0.29, 0.717) is 115 Å². The molecule has 5 aromatic rings. The summed E-state index contributed by atoms with van der Waals surface area (Å²) in [6, 6.07) is 24.2. The van der Waals surface area contributed by atoms with E-state index in [1.165, 1.54) is 0 Å². The predicted octanol–water partition coefficient (Wildman–Crippen LogP) is 5.93. The SMILES string of the molecule is C[C@@H](NC(=O)c1cccc(NC2(c3nnc(-c4ccncc4)[nH]3)CCNCC2)c1)c1cccc(OCCCCCCOCCOCCOCCCC(=O)N2CCN(c3ccc4c(c3)CN(C3CCC(=O)NC3=O)C4=O)CC2)c1. The number of hydrogen-bond acceptors (Lipinski definition) is 15. The van der Waals surface area contributed by atoms with Gasteiger partial charge in [0.15, 0.2) is 11.6 Å². The number of hydrogen-bond donors (Lipinski definition) is 5. The van der Waals surface area contributed by atoms with Gasteiger partial charge in [-0.05, 0) is 137 Å². The number of fused-ring (bicyclic) bond motifs is 1. The summed E-state index contributed by atoms with van der Waals surface area (Å²) < 4.78 is 23.3. The molecule has 0 radical (unpaired) electrons. The standard InChI is InChI=1S/C58H73N11O9/c1-41(61-54(72)44-10-6-11-46(37-44)64-58(20-24-60-25-21-58)57-63-53(65-66-57)42-18-22-59-23-19-42)43-9-7-12-48(39-43)78-32-5-3-2-4-30-75-33-35-77-36-34-76-31-8-13-52(71)68-28-26-67(27-29-68)47-14-15-49-45(38-47)40-69(56(49)74)50-16-17-51(70)62-55(50)73/h6-7,9-12,14-15,18-19,22-23,37-39,41,50,60,64H,2-5,8,13,16-17,20-21,24-36,40H2,1H3,(H,61,72)(H,62,70,73)(H,63,65,66)/t41-,50?/m1/s1. The van der Waals surface area contributed by atoms with Crippen molar-refractivity contribution in [2.75, 3.05) is 95.7 Å². The van der Waals surface area contributed by atoms with Crippen molar-refractivity contribution in [3.63, 3.8) is 0 Å². The number of carbonyl (C=O) groups excluding carboxylic acids is 5. The first-order valence-corrected chi connectivity index (χ1v) is 27.6. The third-order valence-corrected chi connectivity index (χ3v) is 14.9. The van der Waals surface area contributed by atoms with Crippen LogP contribution in [0.4, 0.5) is 11.4 Å². The van der Waals surface area contributed by atoms with Crippen molar-refractivity contribution in [2.24, 2.45) is 0 Å². The van der Waals surface area contributed by atoms with Crippen molar-refractivity contribution in [3.8, 4) is 17.1 Å². The molecule has 20 heteroatoms. The van der Waals surface area contributed by atoms with Crippen LogP contribution < -0.4 is 30.9 Å². The van der Waals surface area contributed by atoms with Gasteiger partial charge in [-0.25, -0.2) is 0 Å². The number of piperidine rings is 2. The molecule has 0 bridgehead atoms. The highest BCUT2D eigenvalue weighted by atomic mass is 16.5. The number of rotatable bonds is 27. The van der Waals surface area contributed by atoms with Gasteiger partial charge in [0.25, 0.3) is 11.8 Å². The van der Waals surface area contributed by atoms with Crippen LogP contribution in [0.15, 0.2) is 91.3 Å². The zero-order valence-electron chi connectivity index (χ0n) is 44.6. The number of carbonyl (C=O) groups is 5. The Balaban J connectivity index is 0.573. The Bertz CT molecular complexity index is 2820. The number of anilines is 2. The predicted molar refractivity (Wildman–Crippen MR) is 293 cm³/mol. The quantitative estimate of drug-likeness (QED) is 0.0303. The Morgan fingerprint density at radius 2 is 1.51 bits per heavy atom. The zero-order chi connectivity index (χ0) is 54.1. The monoisotopic (exact) mass is 1070 g/mol. The maximum Gasteiger partial charge on any atom is 0.255 e. The third-order valence-electron chi connectivity index (χ3n) is 14.9. The van der Waals surface area contributed by atoms with Crippen LogP contribution in [0, 0.1) is 0 Å². The van der Waals surface area contributed by atoms with E-state index < -0.39 is 17.5 Å². The lowest BCUT2D eigenvalue weighted by molar-refractivity contribution is -0.137. The highest BCUT2D eigenvalue weighted by Crippen LogP contribution is 2.35. The fraction of sp³-hybridized carbons (Fsp3) is 0.483. The van der Waals surface area contributed by atoms with E-state index >= 15 is 0 Å².